The fraction of sp³-hybridized carbons (Fsp3) is 0.429. The molecule has 1 aliphatic rings. The zero-order valence-corrected chi connectivity index (χ0v) is 17.1. The number of para-hydroxylation sites is 1. The van der Waals surface area contributed by atoms with Crippen molar-refractivity contribution in [1.29, 1.82) is 0 Å². The Bertz CT molecular complexity index is 1080. The standard InChI is InChI=1S/C21H25N3O3S/c1-23-15-9-5-4-8-14(15)18-16(21(23)26)17(27-2)19(28-18)20(25)22-10-13-24-11-6-3-7-12-24/h4-5,8-9H,3,6-7,10-13H2,1-2H3,(H,22,25). The van der Waals surface area contributed by atoms with E-state index in [0.717, 1.165) is 35.2 Å². The lowest BCUT2D eigenvalue weighted by atomic mass is 10.1. The van der Waals surface area contributed by atoms with Crippen molar-refractivity contribution in [2.24, 2.45) is 7.05 Å². The summed E-state index contributed by atoms with van der Waals surface area (Å²) in [5.41, 5.74) is 0.704. The Morgan fingerprint density at radius 2 is 1.96 bits per heavy atom. The van der Waals surface area contributed by atoms with Crippen molar-refractivity contribution >= 4 is 38.2 Å². The van der Waals surface area contributed by atoms with Crippen LogP contribution in [0.25, 0.3) is 21.0 Å². The molecule has 0 atom stereocenters. The largest absolute Gasteiger partial charge is 0.494 e. The van der Waals surface area contributed by atoms with Gasteiger partial charge in [0.05, 0.1) is 17.3 Å². The molecule has 1 fully saturated rings. The van der Waals surface area contributed by atoms with Crippen LogP contribution in [0.1, 0.15) is 28.9 Å². The van der Waals surface area contributed by atoms with Gasteiger partial charge < -0.3 is 19.5 Å². The molecule has 6 nitrogen and oxygen atoms in total. The first-order valence-corrected chi connectivity index (χ1v) is 10.5. The van der Waals surface area contributed by atoms with Gasteiger partial charge in [0.25, 0.3) is 11.5 Å². The van der Waals surface area contributed by atoms with E-state index in [0.29, 0.717) is 22.6 Å². The molecule has 0 saturated carbocycles. The van der Waals surface area contributed by atoms with Crippen LogP contribution in [0, 0.1) is 0 Å². The fourth-order valence-corrected chi connectivity index (χ4v) is 5.18. The number of hydrogen-bond acceptors (Lipinski definition) is 5. The van der Waals surface area contributed by atoms with Crippen LogP contribution in [0.4, 0.5) is 0 Å². The van der Waals surface area contributed by atoms with E-state index >= 15 is 0 Å². The topological polar surface area (TPSA) is 63.6 Å². The number of likely N-dealkylation sites (tertiary alicyclic amines) is 1. The number of rotatable bonds is 5. The van der Waals surface area contributed by atoms with Crippen LogP contribution in [0.2, 0.25) is 0 Å². The Hall–Kier alpha value is -2.38. The normalized spacial score (nSPS) is 15.2. The van der Waals surface area contributed by atoms with Crippen LogP contribution < -0.4 is 15.6 Å². The van der Waals surface area contributed by atoms with E-state index in [4.69, 9.17) is 4.74 Å². The molecule has 0 radical (unpaired) electrons. The Morgan fingerprint density at radius 3 is 2.71 bits per heavy atom. The lowest BCUT2D eigenvalue weighted by molar-refractivity contribution is 0.0948. The third-order valence-corrected chi connectivity index (χ3v) is 6.67. The zero-order chi connectivity index (χ0) is 19.7. The molecule has 1 aromatic carbocycles. The number of carbonyl (C=O) groups excluding carboxylic acids is 1. The molecule has 0 aliphatic carbocycles. The van der Waals surface area contributed by atoms with Crippen molar-refractivity contribution in [3.8, 4) is 5.75 Å². The lowest BCUT2D eigenvalue weighted by Crippen LogP contribution is -2.37. The van der Waals surface area contributed by atoms with Gasteiger partial charge in [-0.1, -0.05) is 24.6 Å². The van der Waals surface area contributed by atoms with Crippen LogP contribution in [0.3, 0.4) is 0 Å². The maximum absolute atomic E-state index is 12.9. The van der Waals surface area contributed by atoms with Gasteiger partial charge in [0, 0.05) is 25.5 Å². The van der Waals surface area contributed by atoms with E-state index in [1.54, 1.807) is 11.6 Å². The second-order valence-corrected chi connectivity index (χ2v) is 8.23. The van der Waals surface area contributed by atoms with Crippen molar-refractivity contribution in [2.45, 2.75) is 19.3 Å². The van der Waals surface area contributed by atoms with Crippen LogP contribution >= 0.6 is 11.3 Å². The van der Waals surface area contributed by atoms with Crippen LogP contribution in [0.15, 0.2) is 29.1 Å². The van der Waals surface area contributed by atoms with E-state index in [1.807, 2.05) is 24.3 Å². The molecule has 2 aromatic heterocycles. The van der Waals surface area contributed by atoms with Gasteiger partial charge >= 0.3 is 0 Å². The number of amides is 1. The highest BCUT2D eigenvalue weighted by molar-refractivity contribution is 7.22. The van der Waals surface area contributed by atoms with Crippen molar-refractivity contribution in [3.05, 3.63) is 39.5 Å². The summed E-state index contributed by atoms with van der Waals surface area (Å²) in [6, 6.07) is 7.75. The molecule has 1 amide bonds. The van der Waals surface area contributed by atoms with Gasteiger partial charge in [0.15, 0.2) is 5.75 Å². The molecule has 1 aliphatic heterocycles. The first-order chi connectivity index (χ1) is 13.6. The van der Waals surface area contributed by atoms with Gasteiger partial charge in [-0.25, -0.2) is 0 Å². The maximum atomic E-state index is 12.9. The number of piperidine rings is 1. The summed E-state index contributed by atoms with van der Waals surface area (Å²) in [7, 11) is 3.26. The third kappa shape index (κ3) is 3.29. The Morgan fingerprint density at radius 1 is 1.21 bits per heavy atom. The number of benzene rings is 1. The van der Waals surface area contributed by atoms with Gasteiger partial charge in [-0.15, -0.1) is 11.3 Å². The highest BCUT2D eigenvalue weighted by Gasteiger charge is 2.24. The predicted octanol–water partition coefficient (Wildman–Crippen LogP) is 2.98. The number of carbonyl (C=O) groups is 1. The van der Waals surface area contributed by atoms with Crippen molar-refractivity contribution < 1.29 is 9.53 Å². The van der Waals surface area contributed by atoms with Gasteiger partial charge in [-0.05, 0) is 32.0 Å². The number of hydrogen-bond donors (Lipinski definition) is 1. The second-order valence-electron chi connectivity index (χ2n) is 7.21. The number of fused-ring (bicyclic) bond motifs is 3. The monoisotopic (exact) mass is 399 g/mol. The SMILES string of the molecule is COc1c(C(=O)NCCN2CCCCC2)sc2c1c(=O)n(C)c1ccccc21. The molecule has 0 unspecified atom stereocenters. The first kappa shape index (κ1) is 19.0. The molecular formula is C21H25N3O3S. The molecule has 3 aromatic rings. The third-order valence-electron chi connectivity index (χ3n) is 5.47. The number of aromatic nitrogens is 1. The summed E-state index contributed by atoms with van der Waals surface area (Å²) in [6.45, 7) is 3.65. The van der Waals surface area contributed by atoms with E-state index in [2.05, 4.69) is 10.2 Å². The molecule has 3 heterocycles. The number of pyridine rings is 1. The molecule has 1 saturated heterocycles. The number of methoxy groups -OCH3 is 1. The minimum Gasteiger partial charge on any atom is -0.494 e. The first-order valence-electron chi connectivity index (χ1n) is 9.70. The van der Waals surface area contributed by atoms with E-state index in [9.17, 15) is 9.59 Å². The Kier molecular flexibility index (Phi) is 5.37. The van der Waals surface area contributed by atoms with Crippen molar-refractivity contribution in [1.82, 2.24) is 14.8 Å². The summed E-state index contributed by atoms with van der Waals surface area (Å²) in [4.78, 5) is 28.6. The number of nitrogens with one attached hydrogen (secondary N) is 1. The quantitative estimate of drug-likeness (QED) is 0.716. The minimum atomic E-state index is -0.179. The zero-order valence-electron chi connectivity index (χ0n) is 16.3. The predicted molar refractivity (Wildman–Crippen MR) is 114 cm³/mol. The number of aryl methyl sites for hydroxylation is 1. The highest BCUT2D eigenvalue weighted by atomic mass is 32.1. The smallest absolute Gasteiger partial charge is 0.265 e. The molecule has 1 N–H and O–H groups in total. The van der Waals surface area contributed by atoms with Crippen molar-refractivity contribution in [3.63, 3.8) is 0 Å². The van der Waals surface area contributed by atoms with Gasteiger partial charge in [0.2, 0.25) is 0 Å². The van der Waals surface area contributed by atoms with Crippen LogP contribution in [-0.4, -0.2) is 48.7 Å². The lowest BCUT2D eigenvalue weighted by Gasteiger charge is -2.26. The summed E-state index contributed by atoms with van der Waals surface area (Å²) < 4.78 is 7.95. The molecule has 28 heavy (non-hydrogen) atoms. The molecule has 4 rings (SSSR count). The summed E-state index contributed by atoms with van der Waals surface area (Å²) in [5.74, 6) is 0.197. The maximum Gasteiger partial charge on any atom is 0.265 e. The highest BCUT2D eigenvalue weighted by Crippen LogP contribution is 2.39. The fourth-order valence-electron chi connectivity index (χ4n) is 3.97. The van der Waals surface area contributed by atoms with E-state index < -0.39 is 0 Å². The second kappa shape index (κ2) is 7.93. The van der Waals surface area contributed by atoms with Gasteiger partial charge in [-0.3, -0.25) is 9.59 Å². The van der Waals surface area contributed by atoms with Crippen LogP contribution in [-0.2, 0) is 7.05 Å². The van der Waals surface area contributed by atoms with Crippen LogP contribution in [0.5, 0.6) is 5.75 Å². The Labute approximate surface area is 167 Å². The summed E-state index contributed by atoms with van der Waals surface area (Å²) in [5, 5.41) is 4.44. The van der Waals surface area contributed by atoms with Gasteiger partial charge in [-0.2, -0.15) is 0 Å². The molecule has 0 bridgehead atoms. The molecule has 148 valence electrons. The Balaban J connectivity index is 1.67. The van der Waals surface area contributed by atoms with Gasteiger partial charge in [0.1, 0.15) is 10.3 Å². The molecular weight excluding hydrogens is 374 g/mol. The van der Waals surface area contributed by atoms with E-state index in [1.165, 1.54) is 37.7 Å². The average Bonchev–Trinajstić information content (AvgIpc) is 3.13. The number of ether oxygens (including phenoxy) is 1. The average molecular weight is 400 g/mol. The summed E-state index contributed by atoms with van der Waals surface area (Å²) >= 11 is 1.33. The number of thiophene rings is 1. The molecule has 0 spiro atoms. The number of nitrogens with zero attached hydrogens (tertiary/aromatic N) is 2. The molecule has 7 heteroatoms. The van der Waals surface area contributed by atoms with E-state index in [-0.39, 0.29) is 11.5 Å². The minimum absolute atomic E-state index is 0.144. The van der Waals surface area contributed by atoms with Crippen molar-refractivity contribution in [2.75, 3.05) is 33.3 Å². The summed E-state index contributed by atoms with van der Waals surface area (Å²) in [6.07, 6.45) is 3.76.